The Morgan fingerprint density at radius 1 is 0.421 bits per heavy atom. The summed E-state index contributed by atoms with van der Waals surface area (Å²) < 4.78 is 0. The van der Waals surface area contributed by atoms with Crippen molar-refractivity contribution in [1.29, 1.82) is 0 Å². The summed E-state index contributed by atoms with van der Waals surface area (Å²) in [5, 5.41) is 23.0. The van der Waals surface area contributed by atoms with Gasteiger partial charge < -0.3 is 15.5 Å². The van der Waals surface area contributed by atoms with Gasteiger partial charge in [0.05, 0.1) is 18.8 Å². The molecule has 4 heteroatoms. The molecule has 57 heavy (non-hydrogen) atoms. The second-order valence-electron chi connectivity index (χ2n) is 16.9. The third-order valence-corrected chi connectivity index (χ3v) is 11.2. The van der Waals surface area contributed by atoms with Crippen LogP contribution in [0.15, 0.2) is 60.8 Å². The van der Waals surface area contributed by atoms with E-state index in [4.69, 9.17) is 0 Å². The van der Waals surface area contributed by atoms with E-state index < -0.39 is 12.1 Å². The van der Waals surface area contributed by atoms with Gasteiger partial charge in [-0.2, -0.15) is 0 Å². The van der Waals surface area contributed by atoms with Crippen molar-refractivity contribution in [2.45, 2.75) is 264 Å². The Hall–Kier alpha value is -1.91. The molecule has 4 nitrogen and oxygen atoms in total. The van der Waals surface area contributed by atoms with Crippen LogP contribution in [0.3, 0.4) is 0 Å². The molecule has 0 saturated heterocycles. The molecule has 0 radical (unpaired) electrons. The number of allylic oxidation sites excluding steroid dienone is 9. The van der Waals surface area contributed by atoms with Crippen molar-refractivity contribution < 1.29 is 15.0 Å². The molecule has 0 rings (SSSR count). The van der Waals surface area contributed by atoms with Crippen molar-refractivity contribution in [3.8, 4) is 0 Å². The van der Waals surface area contributed by atoms with Crippen molar-refractivity contribution >= 4 is 5.91 Å². The zero-order chi connectivity index (χ0) is 41.4. The lowest BCUT2D eigenvalue weighted by atomic mass is 10.0. The molecule has 2 unspecified atom stereocenters. The van der Waals surface area contributed by atoms with Crippen LogP contribution in [-0.4, -0.2) is 34.9 Å². The Labute approximate surface area is 356 Å². The first-order chi connectivity index (χ1) is 28.2. The maximum absolute atomic E-state index is 12.4. The number of amides is 1. The smallest absolute Gasteiger partial charge is 0.220 e. The number of carbonyl (C=O) groups excluding carboxylic acids is 1. The van der Waals surface area contributed by atoms with E-state index in [0.29, 0.717) is 6.42 Å². The fraction of sp³-hybridized carbons (Fsp3) is 0.792. The Balaban J connectivity index is 3.52. The van der Waals surface area contributed by atoms with Crippen LogP contribution in [-0.2, 0) is 4.79 Å². The van der Waals surface area contributed by atoms with Gasteiger partial charge in [0.1, 0.15) is 0 Å². The molecule has 1 amide bonds. The van der Waals surface area contributed by atoms with Gasteiger partial charge in [-0.3, -0.25) is 4.79 Å². The molecule has 0 aromatic rings. The monoisotopic (exact) mass is 796 g/mol. The third kappa shape index (κ3) is 45.0. The van der Waals surface area contributed by atoms with Crippen LogP contribution >= 0.6 is 0 Å². The molecule has 0 spiro atoms. The lowest BCUT2D eigenvalue weighted by Crippen LogP contribution is -2.45. The lowest BCUT2D eigenvalue weighted by molar-refractivity contribution is -0.123. The van der Waals surface area contributed by atoms with Gasteiger partial charge in [-0.05, 0) is 77.0 Å². The van der Waals surface area contributed by atoms with Crippen molar-refractivity contribution in [2.24, 2.45) is 0 Å². The Bertz CT molecular complexity index is 950. The molecular weight excluding hydrogens is 699 g/mol. The van der Waals surface area contributed by atoms with E-state index in [2.05, 4.69) is 67.8 Å². The SMILES string of the molecule is CCCCCC/C=C/CC/C=C/CC/C=C/C(O)C(CO)NC(=O)CCCCCCCCCCCCCCCCC/C=C\C/C=C\CCCCCCCCCCC. The largest absolute Gasteiger partial charge is 0.394 e. The van der Waals surface area contributed by atoms with Gasteiger partial charge in [-0.1, -0.05) is 229 Å². The van der Waals surface area contributed by atoms with E-state index in [-0.39, 0.29) is 12.5 Å². The maximum atomic E-state index is 12.4. The number of unbranched alkanes of at least 4 members (excludes halogenated alkanes) is 30. The lowest BCUT2D eigenvalue weighted by Gasteiger charge is -2.19. The summed E-state index contributed by atoms with van der Waals surface area (Å²) in [6.45, 7) is 4.27. The van der Waals surface area contributed by atoms with Crippen molar-refractivity contribution in [3.05, 3.63) is 60.8 Å². The fourth-order valence-corrected chi connectivity index (χ4v) is 7.36. The van der Waals surface area contributed by atoms with E-state index >= 15 is 0 Å². The summed E-state index contributed by atoms with van der Waals surface area (Å²) >= 11 is 0. The topological polar surface area (TPSA) is 69.6 Å². The maximum Gasteiger partial charge on any atom is 0.220 e. The van der Waals surface area contributed by atoms with E-state index in [1.807, 2.05) is 6.08 Å². The van der Waals surface area contributed by atoms with E-state index in [0.717, 1.165) is 44.9 Å². The van der Waals surface area contributed by atoms with Gasteiger partial charge in [-0.15, -0.1) is 0 Å². The number of rotatable bonds is 45. The number of aliphatic hydroxyl groups is 2. The highest BCUT2D eigenvalue weighted by atomic mass is 16.3. The molecule has 0 aliphatic heterocycles. The summed E-state index contributed by atoms with van der Waals surface area (Å²) in [7, 11) is 0. The molecule has 3 N–H and O–H groups in total. The highest BCUT2D eigenvalue weighted by Gasteiger charge is 2.17. The average Bonchev–Trinajstić information content (AvgIpc) is 3.22. The molecule has 0 bridgehead atoms. The van der Waals surface area contributed by atoms with Crippen LogP contribution in [0.5, 0.6) is 0 Å². The van der Waals surface area contributed by atoms with E-state index in [1.165, 1.54) is 186 Å². The second kappa shape index (κ2) is 48.5. The minimum absolute atomic E-state index is 0.0788. The quantitative estimate of drug-likeness (QED) is 0.0425. The first-order valence-electron chi connectivity index (χ1n) is 25.0. The van der Waals surface area contributed by atoms with Crippen molar-refractivity contribution in [3.63, 3.8) is 0 Å². The van der Waals surface area contributed by atoms with Crippen LogP contribution in [0.1, 0.15) is 251 Å². The highest BCUT2D eigenvalue weighted by molar-refractivity contribution is 5.76. The second-order valence-corrected chi connectivity index (χ2v) is 16.9. The molecule has 0 heterocycles. The highest BCUT2D eigenvalue weighted by Crippen LogP contribution is 2.15. The fourth-order valence-electron chi connectivity index (χ4n) is 7.36. The van der Waals surface area contributed by atoms with Gasteiger partial charge in [-0.25, -0.2) is 0 Å². The number of nitrogens with one attached hydrogen (secondary N) is 1. The average molecular weight is 796 g/mol. The summed E-state index contributed by atoms with van der Waals surface area (Å²) in [4.78, 5) is 12.4. The van der Waals surface area contributed by atoms with Crippen molar-refractivity contribution in [1.82, 2.24) is 5.32 Å². The van der Waals surface area contributed by atoms with E-state index in [9.17, 15) is 15.0 Å². The molecule has 0 aliphatic rings. The van der Waals surface area contributed by atoms with Crippen molar-refractivity contribution in [2.75, 3.05) is 6.61 Å². The third-order valence-electron chi connectivity index (χ3n) is 11.2. The van der Waals surface area contributed by atoms with Gasteiger partial charge in [0.15, 0.2) is 0 Å². The summed E-state index contributed by atoms with van der Waals surface area (Å²) in [5.74, 6) is -0.0788. The molecular formula is C53H97NO3. The van der Waals surface area contributed by atoms with Crippen LogP contribution in [0.4, 0.5) is 0 Å². The predicted octanol–water partition coefficient (Wildman–Crippen LogP) is 16.1. The van der Waals surface area contributed by atoms with Gasteiger partial charge in [0.25, 0.3) is 0 Å². The predicted molar refractivity (Wildman–Crippen MR) is 253 cm³/mol. The molecule has 0 aliphatic carbocycles. The number of aliphatic hydroxyl groups excluding tert-OH is 2. The van der Waals surface area contributed by atoms with Crippen LogP contribution in [0.25, 0.3) is 0 Å². The number of carbonyl (C=O) groups is 1. The summed E-state index contributed by atoms with van der Waals surface area (Å²) in [6.07, 6.45) is 67.9. The normalized spacial score (nSPS) is 13.4. The molecule has 332 valence electrons. The first-order valence-corrected chi connectivity index (χ1v) is 25.0. The summed E-state index contributed by atoms with van der Waals surface area (Å²) in [5.41, 5.74) is 0. The molecule has 2 atom stereocenters. The van der Waals surface area contributed by atoms with Gasteiger partial charge in [0, 0.05) is 6.42 Å². The standard InChI is InChI=1S/C53H97NO3/c1-3-5-7-9-11-13-15-17-19-20-21-22-23-24-25-26-27-28-29-30-31-32-33-34-35-37-39-41-43-45-47-49-53(57)54-51(50-55)52(56)48-46-44-42-40-38-36-18-16-14-12-10-8-6-4-2/h14,16,21-22,24-25,38,40,46,48,51-52,55-56H,3-13,15,17-20,23,26-37,39,41-45,47,49-50H2,1-2H3,(H,54,57)/b16-14+,22-21-,25-24-,40-38+,48-46+. The Morgan fingerprint density at radius 2 is 0.737 bits per heavy atom. The van der Waals surface area contributed by atoms with Crippen LogP contribution in [0, 0.1) is 0 Å². The molecule has 0 aromatic carbocycles. The minimum atomic E-state index is -0.870. The zero-order valence-corrected chi connectivity index (χ0v) is 38.1. The Kier molecular flexibility index (Phi) is 46.8. The Morgan fingerprint density at radius 3 is 1.14 bits per heavy atom. The minimum Gasteiger partial charge on any atom is -0.394 e. The molecule has 0 aromatic heterocycles. The first kappa shape index (κ1) is 55.1. The number of hydrogen-bond acceptors (Lipinski definition) is 3. The van der Waals surface area contributed by atoms with Gasteiger partial charge in [0.2, 0.25) is 5.91 Å². The van der Waals surface area contributed by atoms with Crippen LogP contribution < -0.4 is 5.32 Å². The zero-order valence-electron chi connectivity index (χ0n) is 38.1. The number of hydrogen-bond donors (Lipinski definition) is 3. The van der Waals surface area contributed by atoms with Gasteiger partial charge >= 0.3 is 0 Å². The van der Waals surface area contributed by atoms with Crippen LogP contribution in [0.2, 0.25) is 0 Å². The molecule has 0 fully saturated rings. The molecule has 0 saturated carbocycles. The van der Waals surface area contributed by atoms with E-state index in [1.54, 1.807) is 6.08 Å². The summed E-state index contributed by atoms with van der Waals surface area (Å²) in [6, 6.07) is -0.646.